The van der Waals surface area contributed by atoms with Crippen LogP contribution in [0.25, 0.3) is 0 Å². The summed E-state index contributed by atoms with van der Waals surface area (Å²) in [6.45, 7) is 0. The molecule has 0 bridgehead atoms. The highest BCUT2D eigenvalue weighted by molar-refractivity contribution is 5.61. The minimum atomic E-state index is -2.36. The third-order valence-electron chi connectivity index (χ3n) is 2.07. The molecule has 1 rings (SSSR count). The molecule has 1 aliphatic rings. The number of alkyl halides is 2. The molecule has 1 nitrogen and oxygen atoms in total. The monoisotopic (exact) mass is 147 g/mol. The summed E-state index contributed by atoms with van der Waals surface area (Å²) in [5.74, 6) is 0. The van der Waals surface area contributed by atoms with Gasteiger partial charge in [-0.3, -0.25) is 4.79 Å². The highest BCUT2D eigenvalue weighted by atomic mass is 19.3. The van der Waals surface area contributed by atoms with Crippen LogP contribution in [0.5, 0.6) is 0 Å². The van der Waals surface area contributed by atoms with E-state index in [1.807, 2.05) is 0 Å². The lowest BCUT2D eigenvalue weighted by Crippen LogP contribution is -2.32. The van der Waals surface area contributed by atoms with Crippen molar-refractivity contribution >= 4 is 6.29 Å². The van der Waals surface area contributed by atoms with E-state index in [-0.39, 0.29) is 6.42 Å². The van der Waals surface area contributed by atoms with Gasteiger partial charge in [0, 0.05) is 11.8 Å². The van der Waals surface area contributed by atoms with Crippen LogP contribution in [0.1, 0.15) is 25.7 Å². The summed E-state index contributed by atoms with van der Waals surface area (Å²) in [6.07, 6.45) is 1.15. The molecule has 0 aromatic rings. The average molecular weight is 147 g/mol. The lowest BCUT2D eigenvalue weighted by atomic mass is 9.68. The van der Waals surface area contributed by atoms with Gasteiger partial charge in [-0.05, 0) is 12.8 Å². The van der Waals surface area contributed by atoms with Crippen LogP contribution in [0.3, 0.4) is 0 Å². The summed E-state index contributed by atoms with van der Waals surface area (Å²) >= 11 is 0. The van der Waals surface area contributed by atoms with Gasteiger partial charge in [-0.25, -0.2) is 8.78 Å². The van der Waals surface area contributed by atoms with E-state index < -0.39 is 11.8 Å². The van der Waals surface area contributed by atoms with Crippen molar-refractivity contribution in [2.24, 2.45) is 5.41 Å². The molecule has 1 saturated carbocycles. The van der Waals surface area contributed by atoms with Crippen LogP contribution in [-0.2, 0) is 4.79 Å². The predicted octanol–water partition coefficient (Wildman–Crippen LogP) is 1.92. The van der Waals surface area contributed by atoms with Crippen molar-refractivity contribution in [3.05, 3.63) is 0 Å². The molecule has 0 aliphatic heterocycles. The van der Waals surface area contributed by atoms with Crippen molar-refractivity contribution < 1.29 is 13.6 Å². The first-order chi connectivity index (χ1) is 4.68. The third-order valence-corrected chi connectivity index (χ3v) is 2.07. The fourth-order valence-corrected chi connectivity index (χ4v) is 1.25. The second kappa shape index (κ2) is 2.64. The van der Waals surface area contributed by atoms with Gasteiger partial charge in [-0.15, -0.1) is 0 Å². The Balaban J connectivity index is 2.40. The van der Waals surface area contributed by atoms with Crippen molar-refractivity contribution in [2.75, 3.05) is 0 Å². The van der Waals surface area contributed by atoms with Crippen molar-refractivity contribution in [1.29, 1.82) is 0 Å². The van der Waals surface area contributed by atoms with Crippen LogP contribution in [0.4, 0.5) is 8.78 Å². The van der Waals surface area contributed by atoms with Crippen LogP contribution >= 0.6 is 0 Å². The molecule has 1 aliphatic carbocycles. The van der Waals surface area contributed by atoms with Crippen molar-refractivity contribution in [2.45, 2.75) is 32.1 Å². The molecular formula is C7H9F2O. The van der Waals surface area contributed by atoms with E-state index in [2.05, 4.69) is 0 Å². The summed E-state index contributed by atoms with van der Waals surface area (Å²) in [5.41, 5.74) is -0.770. The number of halogens is 2. The van der Waals surface area contributed by atoms with E-state index in [0.717, 1.165) is 6.42 Å². The van der Waals surface area contributed by atoms with Crippen LogP contribution in [0.2, 0.25) is 0 Å². The zero-order valence-corrected chi connectivity index (χ0v) is 5.57. The lowest BCUT2D eigenvalue weighted by molar-refractivity contribution is 0.0639. The number of carbonyl (C=O) groups excluding carboxylic acids is 1. The van der Waals surface area contributed by atoms with Gasteiger partial charge < -0.3 is 0 Å². The van der Waals surface area contributed by atoms with Crippen molar-refractivity contribution in [3.8, 4) is 0 Å². The molecular weight excluding hydrogens is 138 g/mol. The fourth-order valence-electron chi connectivity index (χ4n) is 1.25. The Morgan fingerprint density at radius 3 is 2.20 bits per heavy atom. The Morgan fingerprint density at radius 2 is 2.10 bits per heavy atom. The predicted molar refractivity (Wildman–Crippen MR) is 32.6 cm³/mol. The normalized spacial score (nSPS) is 22.3. The first-order valence-corrected chi connectivity index (χ1v) is 3.36. The zero-order chi connectivity index (χ0) is 7.61. The maximum absolute atomic E-state index is 11.8. The highest BCUT2D eigenvalue weighted by Gasteiger charge is 2.40. The maximum atomic E-state index is 11.8. The van der Waals surface area contributed by atoms with Gasteiger partial charge in [-0.1, -0.05) is 6.42 Å². The Morgan fingerprint density at radius 1 is 1.50 bits per heavy atom. The summed E-state index contributed by atoms with van der Waals surface area (Å²) in [4.78, 5) is 10.2. The smallest absolute Gasteiger partial charge is 0.239 e. The first-order valence-electron chi connectivity index (χ1n) is 3.36. The Labute approximate surface area is 58.4 Å². The molecule has 1 radical (unpaired) electrons. The largest absolute Gasteiger partial charge is 0.290 e. The second-order valence-electron chi connectivity index (χ2n) is 2.83. The SMILES string of the molecule is O=[C]C1(CC(F)F)CCC1. The highest BCUT2D eigenvalue weighted by Crippen LogP contribution is 2.43. The maximum Gasteiger partial charge on any atom is 0.239 e. The number of hydrogen-bond donors (Lipinski definition) is 0. The second-order valence-corrected chi connectivity index (χ2v) is 2.83. The van der Waals surface area contributed by atoms with Crippen molar-refractivity contribution in [1.82, 2.24) is 0 Å². The van der Waals surface area contributed by atoms with Gasteiger partial charge in [0.2, 0.25) is 12.7 Å². The molecule has 57 valence electrons. The van der Waals surface area contributed by atoms with Gasteiger partial charge >= 0.3 is 0 Å². The van der Waals surface area contributed by atoms with Gasteiger partial charge in [0.1, 0.15) is 0 Å². The third kappa shape index (κ3) is 1.33. The summed E-state index contributed by atoms with van der Waals surface area (Å²) < 4.78 is 23.5. The fraction of sp³-hybridized carbons (Fsp3) is 0.857. The van der Waals surface area contributed by atoms with E-state index in [4.69, 9.17) is 0 Å². The Kier molecular flexibility index (Phi) is 2.02. The van der Waals surface area contributed by atoms with Gasteiger partial charge in [-0.2, -0.15) is 0 Å². The van der Waals surface area contributed by atoms with Crippen LogP contribution in [0, 0.1) is 5.41 Å². The van der Waals surface area contributed by atoms with Crippen LogP contribution in [0.15, 0.2) is 0 Å². The molecule has 1 fully saturated rings. The van der Waals surface area contributed by atoms with Gasteiger partial charge in [0.25, 0.3) is 0 Å². The van der Waals surface area contributed by atoms with E-state index in [1.165, 1.54) is 0 Å². The van der Waals surface area contributed by atoms with Gasteiger partial charge in [0.15, 0.2) is 0 Å². The van der Waals surface area contributed by atoms with Crippen LogP contribution in [-0.4, -0.2) is 12.7 Å². The molecule has 0 amide bonds. The summed E-state index contributed by atoms with van der Waals surface area (Å²) in [5, 5.41) is 0. The van der Waals surface area contributed by atoms with Crippen LogP contribution < -0.4 is 0 Å². The molecule has 0 aromatic carbocycles. The quantitative estimate of drug-likeness (QED) is 0.596. The molecule has 0 unspecified atom stereocenters. The first kappa shape index (κ1) is 7.63. The average Bonchev–Trinajstić information content (AvgIpc) is 1.78. The van der Waals surface area contributed by atoms with E-state index in [1.54, 1.807) is 6.29 Å². The lowest BCUT2D eigenvalue weighted by Gasteiger charge is -2.35. The molecule has 0 heterocycles. The Hall–Kier alpha value is -0.470. The molecule has 0 saturated heterocycles. The van der Waals surface area contributed by atoms with E-state index in [9.17, 15) is 13.6 Å². The number of hydrogen-bond acceptors (Lipinski definition) is 1. The summed E-state index contributed by atoms with van der Waals surface area (Å²) in [6, 6.07) is 0. The minimum Gasteiger partial charge on any atom is -0.290 e. The topological polar surface area (TPSA) is 17.1 Å². The van der Waals surface area contributed by atoms with Gasteiger partial charge in [0.05, 0.1) is 0 Å². The van der Waals surface area contributed by atoms with E-state index >= 15 is 0 Å². The number of rotatable bonds is 3. The molecule has 0 N–H and O–H groups in total. The molecule has 3 heteroatoms. The molecule has 0 atom stereocenters. The minimum absolute atomic E-state index is 0.295. The summed E-state index contributed by atoms with van der Waals surface area (Å²) in [7, 11) is 0. The molecule has 10 heavy (non-hydrogen) atoms. The molecule has 0 aromatic heterocycles. The Bertz CT molecular complexity index is 130. The molecule has 0 spiro atoms. The van der Waals surface area contributed by atoms with Crippen molar-refractivity contribution in [3.63, 3.8) is 0 Å². The zero-order valence-electron chi connectivity index (χ0n) is 5.57. The van der Waals surface area contributed by atoms with E-state index in [0.29, 0.717) is 12.8 Å². The standard InChI is InChI=1S/C7H9F2O/c8-6(9)4-7(5-10)2-1-3-7/h6H,1-4H2.